The molecule has 0 bridgehead atoms. The molecule has 0 heterocycles. The Balaban J connectivity index is 1.94. The molecule has 0 aliphatic rings. The molecular weight excluding hydrogens is 352 g/mol. The molecule has 0 spiro atoms. The fourth-order valence-corrected chi connectivity index (χ4v) is 2.34. The Morgan fingerprint density at radius 1 is 1.12 bits per heavy atom. The number of amides is 1. The number of carbonyl (C=O) groups excluding carboxylic acids is 1. The topological polar surface area (TPSA) is 59.9 Å². The number of nitrogens with zero attached hydrogens (tertiary/aromatic N) is 1. The molecule has 2 aromatic carbocycles. The van der Waals surface area contributed by atoms with E-state index in [0.29, 0.717) is 29.7 Å². The Bertz CT molecular complexity index is 745. The van der Waals surface area contributed by atoms with Crippen molar-refractivity contribution in [2.24, 2.45) is 5.10 Å². The van der Waals surface area contributed by atoms with E-state index in [0.717, 1.165) is 17.5 Å². The molecule has 0 saturated heterocycles. The third-order valence-electron chi connectivity index (χ3n) is 3.41. The summed E-state index contributed by atoms with van der Waals surface area (Å²) in [4.78, 5) is 11.9. The summed E-state index contributed by atoms with van der Waals surface area (Å²) in [5.74, 6) is 1.17. The monoisotopic (exact) mass is 374 g/mol. The van der Waals surface area contributed by atoms with Gasteiger partial charge in [0, 0.05) is 5.02 Å². The first kappa shape index (κ1) is 19.8. The summed E-state index contributed by atoms with van der Waals surface area (Å²) < 4.78 is 11.3. The van der Waals surface area contributed by atoms with Crippen LogP contribution in [-0.2, 0) is 11.2 Å². The van der Waals surface area contributed by atoms with Gasteiger partial charge in [-0.3, -0.25) is 4.79 Å². The molecule has 26 heavy (non-hydrogen) atoms. The van der Waals surface area contributed by atoms with Crippen LogP contribution in [0.3, 0.4) is 0 Å². The van der Waals surface area contributed by atoms with Crippen molar-refractivity contribution >= 4 is 23.7 Å². The lowest BCUT2D eigenvalue weighted by Gasteiger charge is -2.11. The first-order valence-corrected chi connectivity index (χ1v) is 8.96. The summed E-state index contributed by atoms with van der Waals surface area (Å²) in [7, 11) is 0. The van der Waals surface area contributed by atoms with Crippen LogP contribution in [0.1, 0.15) is 31.4 Å². The molecule has 6 heteroatoms. The molecule has 0 aliphatic heterocycles. The normalized spacial score (nSPS) is 10.7. The fourth-order valence-electron chi connectivity index (χ4n) is 2.21. The highest BCUT2D eigenvalue weighted by Gasteiger charge is 2.06. The first-order chi connectivity index (χ1) is 12.6. The summed E-state index contributed by atoms with van der Waals surface area (Å²) in [6.45, 7) is 5.14. The molecule has 0 atom stereocenters. The van der Waals surface area contributed by atoms with E-state index in [-0.39, 0.29) is 12.3 Å². The third kappa shape index (κ3) is 6.41. The summed E-state index contributed by atoms with van der Waals surface area (Å²) in [5.41, 5.74) is 4.20. The highest BCUT2D eigenvalue weighted by Crippen LogP contribution is 2.28. The summed E-state index contributed by atoms with van der Waals surface area (Å²) >= 11 is 5.83. The van der Waals surface area contributed by atoms with Crippen molar-refractivity contribution in [2.75, 3.05) is 13.2 Å². The van der Waals surface area contributed by atoms with Crippen molar-refractivity contribution in [3.63, 3.8) is 0 Å². The zero-order valence-corrected chi connectivity index (χ0v) is 15.8. The Labute approximate surface area is 159 Å². The zero-order chi connectivity index (χ0) is 18.8. The Hall–Kier alpha value is -2.53. The van der Waals surface area contributed by atoms with Crippen LogP contribution in [-0.4, -0.2) is 25.3 Å². The fraction of sp³-hybridized carbons (Fsp3) is 0.300. The molecule has 0 fully saturated rings. The predicted octanol–water partition coefficient (Wildman–Crippen LogP) is 4.22. The van der Waals surface area contributed by atoms with Crippen LogP contribution in [0.15, 0.2) is 47.6 Å². The van der Waals surface area contributed by atoms with Crippen LogP contribution >= 0.6 is 11.6 Å². The number of halogens is 1. The van der Waals surface area contributed by atoms with Gasteiger partial charge in [0.25, 0.3) is 0 Å². The summed E-state index contributed by atoms with van der Waals surface area (Å²) in [6, 6.07) is 12.7. The van der Waals surface area contributed by atoms with Crippen LogP contribution < -0.4 is 14.9 Å². The van der Waals surface area contributed by atoms with Gasteiger partial charge in [0.05, 0.1) is 25.8 Å². The number of hydrazone groups is 1. The van der Waals surface area contributed by atoms with Gasteiger partial charge in [0.2, 0.25) is 5.91 Å². The predicted molar refractivity (Wildman–Crippen MR) is 104 cm³/mol. The maximum atomic E-state index is 11.9. The summed E-state index contributed by atoms with van der Waals surface area (Å²) in [6.07, 6.45) is 2.74. The smallest absolute Gasteiger partial charge is 0.244 e. The van der Waals surface area contributed by atoms with Gasteiger partial charge in [-0.1, -0.05) is 30.7 Å². The van der Waals surface area contributed by atoms with Crippen molar-refractivity contribution in [1.29, 1.82) is 0 Å². The Morgan fingerprint density at radius 3 is 2.58 bits per heavy atom. The van der Waals surface area contributed by atoms with E-state index in [9.17, 15) is 4.79 Å². The molecular formula is C20H23ClN2O3. The lowest BCUT2D eigenvalue weighted by atomic mass is 10.1. The van der Waals surface area contributed by atoms with E-state index >= 15 is 0 Å². The lowest BCUT2D eigenvalue weighted by molar-refractivity contribution is -0.120. The van der Waals surface area contributed by atoms with Crippen LogP contribution in [0.5, 0.6) is 11.5 Å². The minimum atomic E-state index is -0.198. The minimum absolute atomic E-state index is 0.198. The standard InChI is InChI=1S/C20H23ClN2O3/c1-3-11-26-18-10-7-16(12-19(18)25-4-2)14-22-23-20(24)13-15-5-8-17(21)9-6-15/h5-10,12,14H,3-4,11,13H2,1-2H3,(H,23,24)/b22-14-. The SMILES string of the molecule is CCCOc1ccc(/C=N\NC(=O)Cc2ccc(Cl)cc2)cc1OCC. The van der Waals surface area contributed by atoms with E-state index in [1.165, 1.54) is 0 Å². The maximum absolute atomic E-state index is 11.9. The van der Waals surface area contributed by atoms with Crippen LogP contribution in [0, 0.1) is 0 Å². The second-order valence-electron chi connectivity index (χ2n) is 5.58. The molecule has 2 aromatic rings. The van der Waals surface area contributed by atoms with Crippen molar-refractivity contribution in [2.45, 2.75) is 26.7 Å². The van der Waals surface area contributed by atoms with Gasteiger partial charge >= 0.3 is 0 Å². The van der Waals surface area contributed by atoms with Crippen LogP contribution in [0.2, 0.25) is 5.02 Å². The van der Waals surface area contributed by atoms with Gasteiger partial charge in [0.15, 0.2) is 11.5 Å². The van der Waals surface area contributed by atoms with Crippen LogP contribution in [0.4, 0.5) is 0 Å². The molecule has 0 unspecified atom stereocenters. The summed E-state index contributed by atoms with van der Waals surface area (Å²) in [5, 5.41) is 4.64. The number of ether oxygens (including phenoxy) is 2. The van der Waals surface area contributed by atoms with Crippen molar-refractivity contribution in [3.05, 3.63) is 58.6 Å². The van der Waals surface area contributed by atoms with E-state index in [1.807, 2.05) is 44.2 Å². The molecule has 2 rings (SSSR count). The molecule has 0 aromatic heterocycles. The van der Waals surface area contributed by atoms with Gasteiger partial charge < -0.3 is 9.47 Å². The molecule has 138 valence electrons. The van der Waals surface area contributed by atoms with E-state index in [2.05, 4.69) is 10.5 Å². The lowest BCUT2D eigenvalue weighted by Crippen LogP contribution is -2.19. The number of hydrogen-bond acceptors (Lipinski definition) is 4. The highest BCUT2D eigenvalue weighted by atomic mass is 35.5. The molecule has 0 saturated carbocycles. The van der Waals surface area contributed by atoms with Crippen molar-refractivity contribution < 1.29 is 14.3 Å². The van der Waals surface area contributed by atoms with E-state index in [1.54, 1.807) is 18.3 Å². The number of benzene rings is 2. The first-order valence-electron chi connectivity index (χ1n) is 8.58. The van der Waals surface area contributed by atoms with E-state index < -0.39 is 0 Å². The second-order valence-corrected chi connectivity index (χ2v) is 6.02. The van der Waals surface area contributed by atoms with Crippen molar-refractivity contribution in [1.82, 2.24) is 5.43 Å². The maximum Gasteiger partial charge on any atom is 0.244 e. The van der Waals surface area contributed by atoms with Gasteiger partial charge in [-0.25, -0.2) is 5.43 Å². The Kier molecular flexibility index (Phi) is 7.96. The number of hydrogen-bond donors (Lipinski definition) is 1. The molecule has 1 amide bonds. The van der Waals surface area contributed by atoms with Gasteiger partial charge in [0.1, 0.15) is 0 Å². The number of carbonyl (C=O) groups is 1. The molecule has 5 nitrogen and oxygen atoms in total. The average Bonchev–Trinajstić information content (AvgIpc) is 2.63. The van der Waals surface area contributed by atoms with Crippen LogP contribution in [0.25, 0.3) is 0 Å². The zero-order valence-electron chi connectivity index (χ0n) is 15.0. The molecule has 0 radical (unpaired) electrons. The average molecular weight is 375 g/mol. The third-order valence-corrected chi connectivity index (χ3v) is 3.66. The van der Waals surface area contributed by atoms with Gasteiger partial charge in [-0.15, -0.1) is 0 Å². The minimum Gasteiger partial charge on any atom is -0.490 e. The van der Waals surface area contributed by atoms with Gasteiger partial charge in [-0.2, -0.15) is 5.10 Å². The number of rotatable bonds is 9. The number of nitrogens with one attached hydrogen (secondary N) is 1. The largest absolute Gasteiger partial charge is 0.490 e. The van der Waals surface area contributed by atoms with Crippen molar-refractivity contribution in [3.8, 4) is 11.5 Å². The highest BCUT2D eigenvalue weighted by molar-refractivity contribution is 6.30. The Morgan fingerprint density at radius 2 is 1.88 bits per heavy atom. The van der Waals surface area contributed by atoms with E-state index in [4.69, 9.17) is 21.1 Å². The molecule has 0 aliphatic carbocycles. The van der Waals surface area contributed by atoms with Gasteiger partial charge in [-0.05, 0) is 54.8 Å². The molecule has 1 N–H and O–H groups in total. The quantitative estimate of drug-likeness (QED) is 0.528. The second kappa shape index (κ2) is 10.5.